The van der Waals surface area contributed by atoms with Gasteiger partial charge in [0, 0.05) is 28.4 Å². The summed E-state index contributed by atoms with van der Waals surface area (Å²) >= 11 is 6.01. The number of hydrogen-bond acceptors (Lipinski definition) is 2. The number of nitrogens with zero attached hydrogens (tertiary/aromatic N) is 2. The zero-order chi connectivity index (χ0) is 19.6. The number of anilines is 1. The van der Waals surface area contributed by atoms with E-state index < -0.39 is 6.03 Å². The number of fused-ring (bicyclic) bond motifs is 1. The number of rotatable bonds is 3. The maximum absolute atomic E-state index is 12.7. The first-order chi connectivity index (χ1) is 12.8. The van der Waals surface area contributed by atoms with Crippen molar-refractivity contribution >= 4 is 34.9 Å². The maximum Gasteiger partial charge on any atom is 0.345 e. The Morgan fingerprint density at radius 1 is 1.22 bits per heavy atom. The average molecular weight is 384 g/mol. The Kier molecular flexibility index (Phi) is 5.61. The lowest BCUT2D eigenvalue weighted by Gasteiger charge is -2.30. The summed E-state index contributed by atoms with van der Waals surface area (Å²) in [6.07, 6.45) is 0. The zero-order valence-electron chi connectivity index (χ0n) is 15.6. The third-order valence-electron chi connectivity index (χ3n) is 4.36. The number of halogens is 1. The molecular formula is C21H22ClN3O2. The molecular weight excluding hydrogens is 362 g/mol. The highest BCUT2D eigenvalue weighted by molar-refractivity contribution is 6.31. The number of hydrogen-bond donors (Lipinski definition) is 1. The van der Waals surface area contributed by atoms with Crippen LogP contribution < -0.4 is 5.32 Å². The van der Waals surface area contributed by atoms with Gasteiger partial charge in [-0.1, -0.05) is 49.7 Å². The molecule has 0 bridgehead atoms. The van der Waals surface area contributed by atoms with Crippen LogP contribution in [0.2, 0.25) is 5.02 Å². The fourth-order valence-electron chi connectivity index (χ4n) is 3.11. The van der Waals surface area contributed by atoms with Crippen molar-refractivity contribution in [1.82, 2.24) is 4.90 Å². The van der Waals surface area contributed by atoms with Gasteiger partial charge in [-0.15, -0.1) is 0 Å². The molecule has 0 saturated carbocycles. The SMILES string of the molecule is Cc1ccc(Cl)cc1NC(=O)N=C1CN(CC(C)C)C(=O)c2ccccc21. The van der Waals surface area contributed by atoms with Crippen molar-refractivity contribution in [3.05, 3.63) is 64.2 Å². The number of nitrogens with one attached hydrogen (secondary N) is 1. The summed E-state index contributed by atoms with van der Waals surface area (Å²) in [4.78, 5) is 31.2. The third-order valence-corrected chi connectivity index (χ3v) is 4.59. The number of aliphatic imine (C=N–C) groups is 1. The van der Waals surface area contributed by atoms with Crippen LogP contribution in [0, 0.1) is 12.8 Å². The summed E-state index contributed by atoms with van der Waals surface area (Å²) in [7, 11) is 0. The number of amides is 3. The van der Waals surface area contributed by atoms with E-state index in [1.807, 2.05) is 31.2 Å². The van der Waals surface area contributed by atoms with Gasteiger partial charge in [-0.25, -0.2) is 4.79 Å². The Morgan fingerprint density at radius 3 is 2.63 bits per heavy atom. The largest absolute Gasteiger partial charge is 0.345 e. The quantitative estimate of drug-likeness (QED) is 0.828. The van der Waals surface area contributed by atoms with Crippen LogP contribution >= 0.6 is 11.6 Å². The molecule has 0 radical (unpaired) electrons. The predicted molar refractivity (Wildman–Crippen MR) is 109 cm³/mol. The van der Waals surface area contributed by atoms with Gasteiger partial charge in [0.15, 0.2) is 0 Å². The summed E-state index contributed by atoms with van der Waals surface area (Å²) in [5.74, 6) is 0.299. The van der Waals surface area contributed by atoms with Crippen LogP contribution in [-0.4, -0.2) is 35.6 Å². The van der Waals surface area contributed by atoms with Crippen LogP contribution in [0.25, 0.3) is 0 Å². The standard InChI is InChI=1S/C21H22ClN3O2/c1-13(2)11-25-12-19(16-6-4-5-7-17(16)20(25)26)24-21(27)23-18-10-15(22)9-8-14(18)3/h4-10,13H,11-12H2,1-3H3,(H,23,27). The molecule has 2 aromatic rings. The van der Waals surface area contributed by atoms with Crippen LogP contribution in [-0.2, 0) is 0 Å². The lowest BCUT2D eigenvalue weighted by Crippen LogP contribution is -2.43. The molecule has 1 aliphatic rings. The number of urea groups is 1. The summed E-state index contributed by atoms with van der Waals surface area (Å²) in [5.41, 5.74) is 3.39. The first-order valence-electron chi connectivity index (χ1n) is 8.88. The molecule has 5 nitrogen and oxygen atoms in total. The second kappa shape index (κ2) is 7.92. The van der Waals surface area contributed by atoms with E-state index in [0.29, 0.717) is 46.6 Å². The van der Waals surface area contributed by atoms with E-state index in [-0.39, 0.29) is 5.91 Å². The average Bonchev–Trinajstić information content (AvgIpc) is 2.62. The third kappa shape index (κ3) is 4.37. The minimum Gasteiger partial charge on any atom is -0.332 e. The summed E-state index contributed by atoms with van der Waals surface area (Å²) in [5, 5.41) is 3.32. The van der Waals surface area contributed by atoms with Gasteiger partial charge in [0.05, 0.1) is 12.3 Å². The van der Waals surface area contributed by atoms with Crippen molar-refractivity contribution in [3.63, 3.8) is 0 Å². The topological polar surface area (TPSA) is 61.8 Å². The number of carbonyl (C=O) groups excluding carboxylic acids is 2. The Morgan fingerprint density at radius 2 is 1.93 bits per heavy atom. The molecule has 0 atom stereocenters. The molecule has 3 rings (SSSR count). The lowest BCUT2D eigenvalue weighted by atomic mass is 9.96. The second-order valence-corrected chi connectivity index (χ2v) is 7.51. The molecule has 6 heteroatoms. The Hall–Kier alpha value is -2.66. The molecule has 1 aliphatic heterocycles. The van der Waals surface area contributed by atoms with Crippen molar-refractivity contribution in [1.29, 1.82) is 0 Å². The molecule has 3 amide bonds. The van der Waals surface area contributed by atoms with E-state index in [1.54, 1.807) is 23.1 Å². The van der Waals surface area contributed by atoms with Crippen molar-refractivity contribution in [2.75, 3.05) is 18.4 Å². The van der Waals surface area contributed by atoms with Crippen LogP contribution in [0.15, 0.2) is 47.5 Å². The van der Waals surface area contributed by atoms with Crippen molar-refractivity contribution in [2.45, 2.75) is 20.8 Å². The van der Waals surface area contributed by atoms with Crippen LogP contribution in [0.1, 0.15) is 35.3 Å². The van der Waals surface area contributed by atoms with Gasteiger partial charge in [0.25, 0.3) is 5.91 Å². The summed E-state index contributed by atoms with van der Waals surface area (Å²) < 4.78 is 0. The van der Waals surface area contributed by atoms with Crippen molar-refractivity contribution < 1.29 is 9.59 Å². The van der Waals surface area contributed by atoms with Crippen molar-refractivity contribution in [2.24, 2.45) is 10.9 Å². The fraction of sp³-hybridized carbons (Fsp3) is 0.286. The van der Waals surface area contributed by atoms with Crippen LogP contribution in [0.5, 0.6) is 0 Å². The Balaban J connectivity index is 1.91. The minimum absolute atomic E-state index is 0.0238. The number of aryl methyl sites for hydroxylation is 1. The highest BCUT2D eigenvalue weighted by Gasteiger charge is 2.29. The molecule has 27 heavy (non-hydrogen) atoms. The molecule has 0 unspecified atom stereocenters. The van der Waals surface area contributed by atoms with Gasteiger partial charge in [0.2, 0.25) is 0 Å². The first kappa shape index (κ1) is 19.1. The van der Waals surface area contributed by atoms with Crippen LogP contribution in [0.3, 0.4) is 0 Å². The maximum atomic E-state index is 12.7. The predicted octanol–water partition coefficient (Wildman–Crippen LogP) is 4.78. The van der Waals surface area contributed by atoms with Crippen LogP contribution in [0.4, 0.5) is 10.5 Å². The molecule has 2 aromatic carbocycles. The minimum atomic E-state index is -0.482. The van der Waals surface area contributed by atoms with Gasteiger partial charge >= 0.3 is 6.03 Å². The number of benzene rings is 2. The van der Waals surface area contributed by atoms with Gasteiger partial charge in [-0.2, -0.15) is 4.99 Å². The number of carbonyl (C=O) groups is 2. The normalized spacial score (nSPS) is 15.2. The van der Waals surface area contributed by atoms with E-state index in [0.717, 1.165) is 5.56 Å². The highest BCUT2D eigenvalue weighted by atomic mass is 35.5. The molecule has 0 spiro atoms. The molecule has 0 fully saturated rings. The lowest BCUT2D eigenvalue weighted by molar-refractivity contribution is 0.0755. The highest BCUT2D eigenvalue weighted by Crippen LogP contribution is 2.22. The van der Waals surface area contributed by atoms with E-state index in [4.69, 9.17) is 11.6 Å². The van der Waals surface area contributed by atoms with Gasteiger partial charge in [0.1, 0.15) is 0 Å². The van der Waals surface area contributed by atoms with Gasteiger partial charge < -0.3 is 10.2 Å². The van der Waals surface area contributed by atoms with E-state index in [2.05, 4.69) is 24.2 Å². The zero-order valence-corrected chi connectivity index (χ0v) is 16.4. The fourth-order valence-corrected chi connectivity index (χ4v) is 3.28. The molecule has 1 N–H and O–H groups in total. The molecule has 140 valence electrons. The Labute approximate surface area is 164 Å². The Bertz CT molecular complexity index is 921. The smallest absolute Gasteiger partial charge is 0.332 e. The van der Waals surface area contributed by atoms with Crippen molar-refractivity contribution in [3.8, 4) is 0 Å². The second-order valence-electron chi connectivity index (χ2n) is 7.07. The first-order valence-corrected chi connectivity index (χ1v) is 9.26. The summed E-state index contributed by atoms with van der Waals surface area (Å²) in [6, 6.07) is 12.1. The molecule has 0 aromatic heterocycles. The summed E-state index contributed by atoms with van der Waals surface area (Å²) in [6.45, 7) is 6.92. The molecule has 0 aliphatic carbocycles. The van der Waals surface area contributed by atoms with E-state index in [1.165, 1.54) is 0 Å². The monoisotopic (exact) mass is 383 g/mol. The van der Waals surface area contributed by atoms with Gasteiger partial charge in [-0.3, -0.25) is 4.79 Å². The van der Waals surface area contributed by atoms with E-state index in [9.17, 15) is 9.59 Å². The van der Waals surface area contributed by atoms with Gasteiger partial charge in [-0.05, 0) is 36.6 Å². The molecule has 1 heterocycles. The molecule has 0 saturated heterocycles. The van der Waals surface area contributed by atoms with E-state index >= 15 is 0 Å².